The normalized spacial score (nSPS) is 12.7. The molecule has 10 heavy (non-hydrogen) atoms. The Hall–Kier alpha value is -0.310. The molecule has 0 radical (unpaired) electrons. The number of ketones is 1. The Bertz CT molecular complexity index is 143. The molecule has 0 spiro atoms. The van der Waals surface area contributed by atoms with Crippen molar-refractivity contribution in [2.45, 2.75) is 26.7 Å². The van der Waals surface area contributed by atoms with Gasteiger partial charge in [0.1, 0.15) is 5.78 Å². The number of Topliss-reactive ketones (excluding diaryl/α,β-unsaturated/α-hetero) is 1. The fraction of sp³-hybridized carbons (Fsp3) is 0.714. The van der Waals surface area contributed by atoms with Crippen molar-refractivity contribution in [2.75, 3.05) is 0 Å². The monoisotopic (exact) mass is 160 g/mol. The van der Waals surface area contributed by atoms with E-state index in [1.165, 1.54) is 0 Å². The molecule has 0 amide bonds. The molecule has 0 heterocycles. The van der Waals surface area contributed by atoms with Gasteiger partial charge in [0, 0.05) is 5.92 Å². The molecule has 2 nitrogen and oxygen atoms in total. The summed E-state index contributed by atoms with van der Waals surface area (Å²) in [5, 5.41) is -0.342. The summed E-state index contributed by atoms with van der Waals surface area (Å²) in [7, 11) is 0. The third kappa shape index (κ3) is 3.67. The minimum absolute atomic E-state index is 0.00361. The van der Waals surface area contributed by atoms with Crippen molar-refractivity contribution < 1.29 is 9.59 Å². The third-order valence-corrected chi connectivity index (χ3v) is 1.65. The van der Waals surface area contributed by atoms with Crippen LogP contribution in [0.25, 0.3) is 0 Å². The maximum atomic E-state index is 10.9. The van der Waals surface area contributed by atoms with E-state index in [1.54, 1.807) is 0 Å². The molecule has 0 rings (SSSR count). The quantitative estimate of drug-likeness (QED) is 0.499. The third-order valence-electron chi connectivity index (χ3n) is 1.49. The predicted molar refractivity (Wildman–Crippen MR) is 43.1 cm³/mol. The standard InChI is InChI=1S/C7H12O2S/c1-3-5(2)6(8)4-7(9)10/h5H,3-4H2,1-2H3,(H,9,10). The molecule has 0 aromatic heterocycles. The largest absolute Gasteiger partial charge is 0.299 e. The number of carbonyl (C=O) groups excluding carboxylic acids is 2. The Morgan fingerprint density at radius 1 is 1.50 bits per heavy atom. The lowest BCUT2D eigenvalue weighted by Gasteiger charge is -2.03. The van der Waals surface area contributed by atoms with Gasteiger partial charge in [-0.2, -0.15) is 0 Å². The summed E-state index contributed by atoms with van der Waals surface area (Å²) in [6.45, 7) is 3.74. The summed E-state index contributed by atoms with van der Waals surface area (Å²) in [6, 6.07) is 0. The highest BCUT2D eigenvalue weighted by molar-refractivity contribution is 7.96. The number of rotatable bonds is 4. The van der Waals surface area contributed by atoms with Crippen LogP contribution in [0.5, 0.6) is 0 Å². The van der Waals surface area contributed by atoms with Crippen LogP contribution in [0.15, 0.2) is 0 Å². The van der Waals surface area contributed by atoms with Crippen molar-refractivity contribution in [1.82, 2.24) is 0 Å². The zero-order valence-corrected chi connectivity index (χ0v) is 7.15. The van der Waals surface area contributed by atoms with Crippen LogP contribution in [0.1, 0.15) is 26.7 Å². The van der Waals surface area contributed by atoms with E-state index in [2.05, 4.69) is 12.6 Å². The summed E-state index contributed by atoms with van der Waals surface area (Å²) in [5.74, 6) is -0.0152. The van der Waals surface area contributed by atoms with E-state index in [-0.39, 0.29) is 23.2 Å². The molecule has 0 aliphatic heterocycles. The molecule has 0 saturated heterocycles. The summed E-state index contributed by atoms with van der Waals surface area (Å²) in [5.41, 5.74) is 0. The fourth-order valence-corrected chi connectivity index (χ4v) is 0.707. The lowest BCUT2D eigenvalue weighted by atomic mass is 10.0. The Kier molecular flexibility index (Phi) is 4.36. The highest BCUT2D eigenvalue weighted by Gasteiger charge is 2.12. The van der Waals surface area contributed by atoms with E-state index < -0.39 is 0 Å². The van der Waals surface area contributed by atoms with Crippen LogP contribution in [0.4, 0.5) is 0 Å². The Labute approximate surface area is 66.4 Å². The van der Waals surface area contributed by atoms with Gasteiger partial charge in [-0.25, -0.2) is 0 Å². The molecule has 1 unspecified atom stereocenters. The second kappa shape index (κ2) is 4.50. The van der Waals surface area contributed by atoms with Crippen molar-refractivity contribution in [3.8, 4) is 0 Å². The molecule has 0 aliphatic rings. The lowest BCUT2D eigenvalue weighted by Crippen LogP contribution is -2.12. The van der Waals surface area contributed by atoms with Gasteiger partial charge in [0.15, 0.2) is 5.12 Å². The first kappa shape index (κ1) is 9.69. The first-order valence-corrected chi connectivity index (χ1v) is 3.77. The summed E-state index contributed by atoms with van der Waals surface area (Å²) >= 11 is 3.51. The predicted octanol–water partition coefficient (Wildman–Crippen LogP) is 1.45. The smallest absolute Gasteiger partial charge is 0.193 e. The van der Waals surface area contributed by atoms with E-state index in [4.69, 9.17) is 0 Å². The van der Waals surface area contributed by atoms with E-state index >= 15 is 0 Å². The van der Waals surface area contributed by atoms with E-state index in [0.29, 0.717) is 0 Å². The molecule has 58 valence electrons. The van der Waals surface area contributed by atoms with Gasteiger partial charge in [-0.05, 0) is 6.42 Å². The molecule has 0 saturated carbocycles. The van der Waals surface area contributed by atoms with Crippen LogP contribution >= 0.6 is 12.6 Å². The minimum atomic E-state index is -0.342. The van der Waals surface area contributed by atoms with Crippen LogP contribution < -0.4 is 0 Å². The zero-order chi connectivity index (χ0) is 8.15. The molecular formula is C7H12O2S. The van der Waals surface area contributed by atoms with Gasteiger partial charge >= 0.3 is 0 Å². The molecule has 0 N–H and O–H groups in total. The SMILES string of the molecule is CCC(C)C(=O)CC(=O)S. The molecule has 0 aliphatic carbocycles. The molecule has 0 aromatic carbocycles. The van der Waals surface area contributed by atoms with Crippen molar-refractivity contribution >= 4 is 23.5 Å². The summed E-state index contributed by atoms with van der Waals surface area (Å²) in [6.07, 6.45) is 0.762. The van der Waals surface area contributed by atoms with Gasteiger partial charge in [0.2, 0.25) is 0 Å². The summed E-state index contributed by atoms with van der Waals surface area (Å²) in [4.78, 5) is 21.2. The van der Waals surface area contributed by atoms with Crippen LogP contribution in [0.3, 0.4) is 0 Å². The second-order valence-corrected chi connectivity index (χ2v) is 2.84. The molecule has 0 fully saturated rings. The first-order chi connectivity index (χ1) is 4.57. The van der Waals surface area contributed by atoms with Crippen molar-refractivity contribution in [2.24, 2.45) is 5.92 Å². The zero-order valence-electron chi connectivity index (χ0n) is 6.26. The van der Waals surface area contributed by atoms with Crippen molar-refractivity contribution in [1.29, 1.82) is 0 Å². The maximum Gasteiger partial charge on any atom is 0.193 e. The van der Waals surface area contributed by atoms with Gasteiger partial charge in [-0.3, -0.25) is 9.59 Å². The number of hydrogen-bond donors (Lipinski definition) is 1. The Morgan fingerprint density at radius 3 is 2.30 bits per heavy atom. The van der Waals surface area contributed by atoms with Gasteiger partial charge < -0.3 is 0 Å². The maximum absolute atomic E-state index is 10.9. The molecule has 0 aromatic rings. The van der Waals surface area contributed by atoms with E-state index in [0.717, 1.165) is 6.42 Å². The Morgan fingerprint density at radius 2 is 2.00 bits per heavy atom. The molecule has 1 atom stereocenters. The minimum Gasteiger partial charge on any atom is -0.299 e. The van der Waals surface area contributed by atoms with Gasteiger partial charge in [0.25, 0.3) is 0 Å². The van der Waals surface area contributed by atoms with Crippen LogP contribution in [-0.2, 0) is 9.59 Å². The fourth-order valence-electron chi connectivity index (χ4n) is 0.551. The number of thiol groups is 1. The molecular weight excluding hydrogens is 148 g/mol. The molecule has 3 heteroatoms. The highest BCUT2D eigenvalue weighted by atomic mass is 32.1. The first-order valence-electron chi connectivity index (χ1n) is 3.32. The van der Waals surface area contributed by atoms with Crippen LogP contribution in [-0.4, -0.2) is 10.9 Å². The summed E-state index contributed by atoms with van der Waals surface area (Å²) < 4.78 is 0. The molecule has 0 bridgehead atoms. The average Bonchev–Trinajstić information content (AvgIpc) is 1.85. The Balaban J connectivity index is 3.73. The average molecular weight is 160 g/mol. The number of carbonyl (C=O) groups is 2. The van der Waals surface area contributed by atoms with E-state index in [1.807, 2.05) is 13.8 Å². The van der Waals surface area contributed by atoms with Crippen molar-refractivity contribution in [3.63, 3.8) is 0 Å². The topological polar surface area (TPSA) is 34.1 Å². The lowest BCUT2D eigenvalue weighted by molar-refractivity contribution is -0.125. The number of hydrogen-bond acceptors (Lipinski definition) is 2. The van der Waals surface area contributed by atoms with Gasteiger partial charge in [-0.1, -0.05) is 13.8 Å². The van der Waals surface area contributed by atoms with Crippen LogP contribution in [0, 0.1) is 5.92 Å². The van der Waals surface area contributed by atoms with Crippen molar-refractivity contribution in [3.05, 3.63) is 0 Å². The second-order valence-electron chi connectivity index (χ2n) is 2.35. The van der Waals surface area contributed by atoms with Gasteiger partial charge in [-0.15, -0.1) is 12.6 Å². The highest BCUT2D eigenvalue weighted by Crippen LogP contribution is 2.05. The van der Waals surface area contributed by atoms with Crippen LogP contribution in [0.2, 0.25) is 0 Å². The van der Waals surface area contributed by atoms with Gasteiger partial charge in [0.05, 0.1) is 6.42 Å². The van der Waals surface area contributed by atoms with E-state index in [9.17, 15) is 9.59 Å².